The Hall–Kier alpha value is -1.89. The van der Waals surface area contributed by atoms with Gasteiger partial charge in [0.15, 0.2) is 0 Å². The lowest BCUT2D eigenvalue weighted by Gasteiger charge is -2.26. The Balaban J connectivity index is 0.000000477. The fourth-order valence-electron chi connectivity index (χ4n) is 3.08. The molecule has 0 bridgehead atoms. The van der Waals surface area contributed by atoms with Crippen molar-refractivity contribution in [2.24, 2.45) is 4.99 Å². The van der Waals surface area contributed by atoms with Crippen molar-refractivity contribution in [1.29, 1.82) is 0 Å². The van der Waals surface area contributed by atoms with Crippen LogP contribution in [-0.4, -0.2) is 13.8 Å². The van der Waals surface area contributed by atoms with E-state index in [1.807, 2.05) is 13.8 Å². The monoisotopic (exact) mass is 309 g/mol. The number of aryl methyl sites for hydroxylation is 3. The largest absolute Gasteiger partial charge is 0.304 e. The average Bonchev–Trinajstić information content (AvgIpc) is 2.59. The number of rotatable bonds is 1. The molecule has 0 fully saturated rings. The number of nitrogens with zero attached hydrogens (tertiary/aromatic N) is 1. The topological polar surface area (TPSA) is 12.4 Å². The first kappa shape index (κ1) is 19.2. The van der Waals surface area contributed by atoms with E-state index in [0.717, 1.165) is 0 Å². The van der Waals surface area contributed by atoms with Gasteiger partial charge in [0, 0.05) is 13.0 Å². The van der Waals surface area contributed by atoms with Crippen LogP contribution in [0.1, 0.15) is 60.4 Å². The molecule has 2 aromatic rings. The number of aliphatic imine (C=N–C) groups is 1. The molecule has 0 heterocycles. The summed E-state index contributed by atoms with van der Waals surface area (Å²) >= 11 is 0. The van der Waals surface area contributed by atoms with Crippen LogP contribution in [0.3, 0.4) is 0 Å². The Kier molecular flexibility index (Phi) is 8.32. The molecule has 1 aliphatic rings. The SMILES string of the molecule is C=NC.CC.Cc1ccc(C2CCCc3ccccc32)cc1C. The summed E-state index contributed by atoms with van der Waals surface area (Å²) in [5.74, 6) is 0.606. The Bertz CT molecular complexity index is 613. The van der Waals surface area contributed by atoms with Crippen LogP contribution in [0.25, 0.3) is 0 Å². The highest BCUT2D eigenvalue weighted by Gasteiger charge is 2.21. The molecule has 1 heteroatoms. The van der Waals surface area contributed by atoms with Crippen molar-refractivity contribution >= 4 is 6.72 Å². The van der Waals surface area contributed by atoms with Gasteiger partial charge in [-0.15, -0.1) is 0 Å². The van der Waals surface area contributed by atoms with Crippen LogP contribution in [0.15, 0.2) is 47.5 Å². The van der Waals surface area contributed by atoms with Gasteiger partial charge in [-0.1, -0.05) is 56.3 Å². The molecule has 0 saturated heterocycles. The lowest BCUT2D eigenvalue weighted by Crippen LogP contribution is -2.11. The minimum absolute atomic E-state index is 0.606. The average molecular weight is 309 g/mol. The highest BCUT2D eigenvalue weighted by Crippen LogP contribution is 2.36. The van der Waals surface area contributed by atoms with Gasteiger partial charge >= 0.3 is 0 Å². The Morgan fingerprint density at radius 1 is 1.00 bits per heavy atom. The van der Waals surface area contributed by atoms with Crippen LogP contribution in [0, 0.1) is 13.8 Å². The molecule has 0 N–H and O–H groups in total. The molecule has 23 heavy (non-hydrogen) atoms. The molecule has 1 aliphatic carbocycles. The Morgan fingerprint density at radius 3 is 2.30 bits per heavy atom. The highest BCUT2D eigenvalue weighted by molar-refractivity contribution is 5.42. The number of hydrogen-bond acceptors (Lipinski definition) is 1. The molecule has 3 rings (SSSR count). The second-order valence-corrected chi connectivity index (χ2v) is 5.80. The third kappa shape index (κ3) is 5.06. The van der Waals surface area contributed by atoms with Crippen LogP contribution in [0.5, 0.6) is 0 Å². The minimum Gasteiger partial charge on any atom is -0.304 e. The predicted molar refractivity (Wildman–Crippen MR) is 104 cm³/mol. The summed E-state index contributed by atoms with van der Waals surface area (Å²) in [6, 6.07) is 15.9. The minimum atomic E-state index is 0.606. The first-order valence-electron chi connectivity index (χ1n) is 8.67. The molecule has 0 saturated carbocycles. The maximum Gasteiger partial charge on any atom is 0.0269 e. The third-order valence-corrected chi connectivity index (χ3v) is 4.30. The van der Waals surface area contributed by atoms with Gasteiger partial charge in [0.1, 0.15) is 0 Å². The number of benzene rings is 2. The van der Waals surface area contributed by atoms with Crippen molar-refractivity contribution in [2.75, 3.05) is 7.05 Å². The van der Waals surface area contributed by atoms with Crippen molar-refractivity contribution in [2.45, 2.75) is 52.9 Å². The van der Waals surface area contributed by atoms with Crippen molar-refractivity contribution in [3.05, 3.63) is 70.3 Å². The molecule has 1 unspecified atom stereocenters. The van der Waals surface area contributed by atoms with E-state index in [4.69, 9.17) is 0 Å². The van der Waals surface area contributed by atoms with E-state index in [1.54, 1.807) is 18.2 Å². The summed E-state index contributed by atoms with van der Waals surface area (Å²) < 4.78 is 0. The third-order valence-electron chi connectivity index (χ3n) is 4.30. The van der Waals surface area contributed by atoms with Crippen LogP contribution in [0.4, 0.5) is 0 Å². The molecule has 0 amide bonds. The van der Waals surface area contributed by atoms with Gasteiger partial charge in [-0.3, -0.25) is 0 Å². The van der Waals surface area contributed by atoms with E-state index in [1.165, 1.54) is 36.0 Å². The molecule has 0 aliphatic heterocycles. The summed E-state index contributed by atoms with van der Waals surface area (Å²) in [5, 5.41) is 0. The molecule has 1 atom stereocenters. The summed E-state index contributed by atoms with van der Waals surface area (Å²) in [7, 11) is 1.64. The zero-order valence-electron chi connectivity index (χ0n) is 15.4. The van der Waals surface area contributed by atoms with Crippen LogP contribution in [0.2, 0.25) is 0 Å². The van der Waals surface area contributed by atoms with E-state index >= 15 is 0 Å². The van der Waals surface area contributed by atoms with Gasteiger partial charge in [0.2, 0.25) is 0 Å². The fraction of sp³-hybridized carbons (Fsp3) is 0.409. The fourth-order valence-corrected chi connectivity index (χ4v) is 3.08. The van der Waals surface area contributed by atoms with Gasteiger partial charge < -0.3 is 4.99 Å². The standard InChI is InChI=1S/C18H20.C2H5N.C2H6/c1-13-10-11-16(12-14(13)2)18-9-5-7-15-6-3-4-8-17(15)18;1-3-2;1-2/h3-4,6,8,10-12,18H,5,7,9H2,1-2H3;1H2,2H3;1-2H3. The maximum absolute atomic E-state index is 3.25. The molecular formula is C22H31N. The molecule has 2 aromatic carbocycles. The molecule has 0 aromatic heterocycles. The normalized spacial score (nSPS) is 15.3. The smallest absolute Gasteiger partial charge is 0.0269 e. The molecule has 1 nitrogen and oxygen atoms in total. The van der Waals surface area contributed by atoms with Gasteiger partial charge in [-0.25, -0.2) is 0 Å². The van der Waals surface area contributed by atoms with E-state index in [2.05, 4.69) is 68.0 Å². The summed E-state index contributed by atoms with van der Waals surface area (Å²) in [5.41, 5.74) is 7.39. The first-order valence-corrected chi connectivity index (χ1v) is 8.67. The van der Waals surface area contributed by atoms with Crippen LogP contribution >= 0.6 is 0 Å². The predicted octanol–water partition coefficient (Wildman–Crippen LogP) is 6.11. The second kappa shape index (κ2) is 9.99. The molecule has 124 valence electrons. The van der Waals surface area contributed by atoms with Crippen molar-refractivity contribution in [1.82, 2.24) is 0 Å². The first-order chi connectivity index (χ1) is 11.2. The highest BCUT2D eigenvalue weighted by atomic mass is 14.6. The van der Waals surface area contributed by atoms with Crippen molar-refractivity contribution < 1.29 is 0 Å². The maximum atomic E-state index is 3.25. The number of hydrogen-bond donors (Lipinski definition) is 0. The van der Waals surface area contributed by atoms with Gasteiger partial charge in [-0.2, -0.15) is 0 Å². The summed E-state index contributed by atoms with van der Waals surface area (Å²) in [4.78, 5) is 3.25. The lowest BCUT2D eigenvalue weighted by molar-refractivity contribution is 0.615. The van der Waals surface area contributed by atoms with Gasteiger partial charge in [0.25, 0.3) is 0 Å². The van der Waals surface area contributed by atoms with E-state index in [9.17, 15) is 0 Å². The second-order valence-electron chi connectivity index (χ2n) is 5.80. The van der Waals surface area contributed by atoms with Gasteiger partial charge in [-0.05, 0) is 67.6 Å². The van der Waals surface area contributed by atoms with Crippen LogP contribution < -0.4 is 0 Å². The van der Waals surface area contributed by atoms with E-state index in [0.29, 0.717) is 5.92 Å². The zero-order valence-corrected chi connectivity index (χ0v) is 15.4. The van der Waals surface area contributed by atoms with Crippen molar-refractivity contribution in [3.63, 3.8) is 0 Å². The molecule has 0 radical (unpaired) electrons. The molecular weight excluding hydrogens is 278 g/mol. The van der Waals surface area contributed by atoms with E-state index in [-0.39, 0.29) is 0 Å². The summed E-state index contributed by atoms with van der Waals surface area (Å²) in [6.07, 6.45) is 3.85. The van der Waals surface area contributed by atoms with Crippen molar-refractivity contribution in [3.8, 4) is 0 Å². The molecule has 0 spiro atoms. The van der Waals surface area contributed by atoms with Crippen LogP contribution in [-0.2, 0) is 6.42 Å². The summed E-state index contributed by atoms with van der Waals surface area (Å²) in [6.45, 7) is 11.5. The number of fused-ring (bicyclic) bond motifs is 1. The quantitative estimate of drug-likeness (QED) is 0.563. The Morgan fingerprint density at radius 2 is 1.65 bits per heavy atom. The zero-order chi connectivity index (χ0) is 17.2. The lowest BCUT2D eigenvalue weighted by atomic mass is 9.78. The van der Waals surface area contributed by atoms with Gasteiger partial charge in [0.05, 0.1) is 0 Å². The van der Waals surface area contributed by atoms with E-state index < -0.39 is 0 Å². The Labute approximate surface area is 142 Å².